The molecule has 144 valence electrons. The lowest BCUT2D eigenvalue weighted by Crippen LogP contribution is -1.94. The quantitative estimate of drug-likeness (QED) is 0.351. The Balaban J connectivity index is 1.74. The van der Waals surface area contributed by atoms with Crippen molar-refractivity contribution < 1.29 is 19.5 Å². The van der Waals surface area contributed by atoms with E-state index in [1.807, 2.05) is 0 Å². The number of thiazole rings is 1. The van der Waals surface area contributed by atoms with Gasteiger partial charge in [0.15, 0.2) is 11.5 Å². The number of hydrazone groups is 1. The SMILES string of the molecule is COc1cc(C=NNc2nc(-c3cccc([N+](=O)[O-])c3)cs2)cc(OC)c1O. The summed E-state index contributed by atoms with van der Waals surface area (Å²) in [6.45, 7) is 0. The predicted molar refractivity (Wildman–Crippen MR) is 107 cm³/mol. The maximum absolute atomic E-state index is 10.9. The third-order valence-electron chi connectivity index (χ3n) is 3.73. The minimum absolute atomic E-state index is 0.00764. The normalized spacial score (nSPS) is 10.8. The second kappa shape index (κ2) is 8.35. The molecular weight excluding hydrogens is 384 g/mol. The highest BCUT2D eigenvalue weighted by atomic mass is 32.1. The molecule has 0 aliphatic carbocycles. The molecule has 3 rings (SSSR count). The van der Waals surface area contributed by atoms with Crippen LogP contribution in [0, 0.1) is 10.1 Å². The van der Waals surface area contributed by atoms with Gasteiger partial charge in [0.05, 0.1) is 31.1 Å². The molecule has 0 aliphatic rings. The molecule has 0 radical (unpaired) electrons. The van der Waals surface area contributed by atoms with Gasteiger partial charge in [0.2, 0.25) is 10.9 Å². The van der Waals surface area contributed by atoms with Crippen LogP contribution in [0.25, 0.3) is 11.3 Å². The van der Waals surface area contributed by atoms with Crippen LogP contribution in [0.4, 0.5) is 10.8 Å². The lowest BCUT2D eigenvalue weighted by atomic mass is 10.1. The Morgan fingerprint density at radius 3 is 2.61 bits per heavy atom. The number of hydrogen-bond donors (Lipinski definition) is 2. The van der Waals surface area contributed by atoms with Gasteiger partial charge in [-0.1, -0.05) is 12.1 Å². The maximum Gasteiger partial charge on any atom is 0.270 e. The molecule has 10 heteroatoms. The molecule has 0 saturated carbocycles. The number of phenolic OH excluding ortho intramolecular Hbond substituents is 1. The number of aromatic hydroxyl groups is 1. The van der Waals surface area contributed by atoms with Crippen LogP contribution in [0.2, 0.25) is 0 Å². The number of hydrogen-bond acceptors (Lipinski definition) is 9. The molecule has 9 nitrogen and oxygen atoms in total. The fourth-order valence-corrected chi connectivity index (χ4v) is 3.06. The second-order valence-corrected chi connectivity index (χ2v) is 6.35. The third kappa shape index (κ3) is 4.18. The van der Waals surface area contributed by atoms with Crippen LogP contribution in [0.3, 0.4) is 0 Å². The van der Waals surface area contributed by atoms with E-state index in [9.17, 15) is 15.2 Å². The van der Waals surface area contributed by atoms with E-state index in [1.54, 1.807) is 29.6 Å². The lowest BCUT2D eigenvalue weighted by molar-refractivity contribution is -0.384. The zero-order valence-corrected chi connectivity index (χ0v) is 15.8. The van der Waals surface area contributed by atoms with Gasteiger partial charge in [-0.15, -0.1) is 11.3 Å². The number of non-ortho nitro benzene ring substituents is 1. The fourth-order valence-electron chi connectivity index (χ4n) is 2.39. The van der Waals surface area contributed by atoms with E-state index in [0.29, 0.717) is 22.0 Å². The molecule has 0 saturated heterocycles. The van der Waals surface area contributed by atoms with E-state index in [0.717, 1.165) is 0 Å². The first-order chi connectivity index (χ1) is 13.5. The summed E-state index contributed by atoms with van der Waals surface area (Å²) in [6, 6.07) is 9.49. The number of nitrogens with zero attached hydrogens (tertiary/aromatic N) is 3. The monoisotopic (exact) mass is 400 g/mol. The molecule has 0 bridgehead atoms. The molecule has 2 aromatic carbocycles. The van der Waals surface area contributed by atoms with Crippen LogP contribution >= 0.6 is 11.3 Å². The van der Waals surface area contributed by atoms with Crippen LogP contribution in [0.15, 0.2) is 46.9 Å². The van der Waals surface area contributed by atoms with Crippen molar-refractivity contribution >= 4 is 28.4 Å². The van der Waals surface area contributed by atoms with Crippen molar-refractivity contribution in [2.24, 2.45) is 5.10 Å². The van der Waals surface area contributed by atoms with Gasteiger partial charge in [-0.05, 0) is 12.1 Å². The molecule has 3 aromatic rings. The Kier molecular flexibility index (Phi) is 5.70. The molecule has 1 aromatic heterocycles. The molecule has 28 heavy (non-hydrogen) atoms. The fraction of sp³-hybridized carbons (Fsp3) is 0.111. The van der Waals surface area contributed by atoms with Gasteiger partial charge in [0.25, 0.3) is 5.69 Å². The van der Waals surface area contributed by atoms with Crippen LogP contribution in [-0.4, -0.2) is 35.4 Å². The Labute approximate surface area is 164 Å². The van der Waals surface area contributed by atoms with E-state index < -0.39 is 4.92 Å². The molecule has 1 heterocycles. The molecule has 0 spiro atoms. The van der Waals surface area contributed by atoms with Gasteiger partial charge in [0.1, 0.15) is 0 Å². The molecule has 0 fully saturated rings. The summed E-state index contributed by atoms with van der Waals surface area (Å²) in [5.41, 5.74) is 4.72. The summed E-state index contributed by atoms with van der Waals surface area (Å²) in [6.07, 6.45) is 1.53. The zero-order chi connectivity index (χ0) is 20.1. The molecule has 0 amide bonds. The van der Waals surface area contributed by atoms with Crippen LogP contribution in [0.5, 0.6) is 17.2 Å². The van der Waals surface area contributed by atoms with Gasteiger partial charge in [-0.3, -0.25) is 15.5 Å². The van der Waals surface area contributed by atoms with E-state index >= 15 is 0 Å². The topological polar surface area (TPSA) is 119 Å². The summed E-state index contributed by atoms with van der Waals surface area (Å²) in [5.74, 6) is 0.447. The maximum atomic E-state index is 10.9. The average Bonchev–Trinajstić information content (AvgIpc) is 3.18. The van der Waals surface area contributed by atoms with Crippen molar-refractivity contribution in [2.75, 3.05) is 19.6 Å². The number of benzene rings is 2. The summed E-state index contributed by atoms with van der Waals surface area (Å²) in [4.78, 5) is 14.8. The Bertz CT molecular complexity index is 1010. The Hall–Kier alpha value is -3.66. The standard InChI is InChI=1S/C18H16N4O5S/c1-26-15-6-11(7-16(27-2)17(15)23)9-19-21-18-20-14(10-28-18)12-4-3-5-13(8-12)22(24)25/h3-10,23H,1-2H3,(H,20,21). The predicted octanol–water partition coefficient (Wildman–Crippen LogP) is 3.89. The molecule has 0 atom stereocenters. The highest BCUT2D eigenvalue weighted by Crippen LogP contribution is 2.36. The first kappa shape index (κ1) is 19.1. The highest BCUT2D eigenvalue weighted by molar-refractivity contribution is 7.14. The lowest BCUT2D eigenvalue weighted by Gasteiger charge is -2.09. The number of ether oxygens (including phenoxy) is 2. The summed E-state index contributed by atoms with van der Waals surface area (Å²) in [7, 11) is 2.89. The summed E-state index contributed by atoms with van der Waals surface area (Å²) >= 11 is 1.32. The van der Waals surface area contributed by atoms with E-state index in [2.05, 4.69) is 15.5 Å². The van der Waals surface area contributed by atoms with Crippen LogP contribution < -0.4 is 14.9 Å². The second-order valence-electron chi connectivity index (χ2n) is 5.49. The highest BCUT2D eigenvalue weighted by Gasteiger charge is 2.11. The Morgan fingerprint density at radius 2 is 1.96 bits per heavy atom. The number of anilines is 1. The first-order valence-corrected chi connectivity index (χ1v) is 8.84. The van der Waals surface area contributed by atoms with E-state index in [-0.39, 0.29) is 22.9 Å². The van der Waals surface area contributed by atoms with Crippen molar-refractivity contribution in [3.63, 3.8) is 0 Å². The molecule has 2 N–H and O–H groups in total. The first-order valence-electron chi connectivity index (χ1n) is 7.96. The minimum Gasteiger partial charge on any atom is -0.502 e. The smallest absolute Gasteiger partial charge is 0.270 e. The number of nitrogens with one attached hydrogen (secondary N) is 1. The number of nitro groups is 1. The third-order valence-corrected chi connectivity index (χ3v) is 4.48. The zero-order valence-electron chi connectivity index (χ0n) is 14.9. The number of methoxy groups -OCH3 is 2. The number of rotatable bonds is 7. The van der Waals surface area contributed by atoms with Crippen LogP contribution in [-0.2, 0) is 0 Å². The molecule has 0 aliphatic heterocycles. The largest absolute Gasteiger partial charge is 0.502 e. The van der Waals surface area contributed by atoms with E-state index in [1.165, 1.54) is 43.9 Å². The summed E-state index contributed by atoms with van der Waals surface area (Å²) in [5, 5.41) is 27.2. The molecular formula is C18H16N4O5S. The van der Waals surface area contributed by atoms with Crippen molar-refractivity contribution in [2.45, 2.75) is 0 Å². The van der Waals surface area contributed by atoms with Crippen molar-refractivity contribution in [1.82, 2.24) is 4.98 Å². The van der Waals surface area contributed by atoms with Gasteiger partial charge < -0.3 is 14.6 Å². The van der Waals surface area contributed by atoms with Gasteiger partial charge in [-0.25, -0.2) is 4.98 Å². The van der Waals surface area contributed by atoms with Crippen molar-refractivity contribution in [3.05, 3.63) is 57.5 Å². The van der Waals surface area contributed by atoms with E-state index in [4.69, 9.17) is 9.47 Å². The number of aromatic nitrogens is 1. The van der Waals surface area contributed by atoms with Gasteiger partial charge >= 0.3 is 0 Å². The minimum atomic E-state index is -0.445. The van der Waals surface area contributed by atoms with Crippen molar-refractivity contribution in [3.8, 4) is 28.5 Å². The average molecular weight is 400 g/mol. The van der Waals surface area contributed by atoms with Gasteiger partial charge in [0, 0.05) is 28.6 Å². The van der Waals surface area contributed by atoms with Crippen LogP contribution in [0.1, 0.15) is 5.56 Å². The van der Waals surface area contributed by atoms with Crippen molar-refractivity contribution in [1.29, 1.82) is 0 Å². The molecule has 0 unspecified atom stereocenters. The number of phenols is 1. The van der Waals surface area contributed by atoms with Gasteiger partial charge in [-0.2, -0.15) is 5.10 Å². The summed E-state index contributed by atoms with van der Waals surface area (Å²) < 4.78 is 10.2. The Morgan fingerprint density at radius 1 is 1.25 bits per heavy atom. The number of nitro benzene ring substituents is 1.